The normalized spacial score (nSPS) is 15.9. The highest BCUT2D eigenvalue weighted by Crippen LogP contribution is 2.43. The predicted octanol–water partition coefficient (Wildman–Crippen LogP) is 3.36. The second kappa shape index (κ2) is 8.19. The Bertz CT molecular complexity index is 1170. The number of anilines is 1. The standard InChI is InChI=1S/C20H21BrN6O3S/c1-10(28)25-13(11-2-3-11)4-5-27-19-17(18(22)23-8-24-19)26-20(27)31-16-7-15-14(6-12(16)21)29-9-30-15/h6-8,11,13H,2-5,9H2,1H3,(H,25,28)(H2,22,23,24). The number of benzene rings is 1. The lowest BCUT2D eigenvalue weighted by Gasteiger charge is -2.18. The Balaban J connectivity index is 1.48. The third-order valence-electron chi connectivity index (χ3n) is 5.40. The maximum atomic E-state index is 11.6. The van der Waals surface area contributed by atoms with Gasteiger partial charge in [-0.05, 0) is 53.2 Å². The minimum atomic E-state index is -0.00199. The van der Waals surface area contributed by atoms with Gasteiger partial charge in [0.1, 0.15) is 6.33 Å². The molecule has 1 saturated carbocycles. The highest BCUT2D eigenvalue weighted by molar-refractivity contribution is 9.10. The molecule has 1 atom stereocenters. The van der Waals surface area contributed by atoms with Gasteiger partial charge in [0.15, 0.2) is 33.6 Å². The molecule has 2 aliphatic rings. The number of hydrogen-bond donors (Lipinski definition) is 2. The first-order valence-corrected chi connectivity index (χ1v) is 11.6. The van der Waals surface area contributed by atoms with Gasteiger partial charge in [0, 0.05) is 28.9 Å². The average Bonchev–Trinajstić information content (AvgIpc) is 3.38. The van der Waals surface area contributed by atoms with Gasteiger partial charge in [-0.25, -0.2) is 15.0 Å². The van der Waals surface area contributed by atoms with Crippen LogP contribution in [0.25, 0.3) is 11.2 Å². The molecule has 9 nitrogen and oxygen atoms in total. The number of fused-ring (bicyclic) bond motifs is 2. The molecule has 1 amide bonds. The lowest BCUT2D eigenvalue weighted by atomic mass is 10.1. The van der Waals surface area contributed by atoms with Gasteiger partial charge >= 0.3 is 0 Å². The Morgan fingerprint density at radius 1 is 1.35 bits per heavy atom. The molecule has 0 saturated heterocycles. The molecule has 3 heterocycles. The maximum absolute atomic E-state index is 11.6. The Morgan fingerprint density at radius 2 is 2.13 bits per heavy atom. The minimum absolute atomic E-state index is 0.00199. The second-order valence-corrected chi connectivity index (χ2v) is 9.51. The molecule has 162 valence electrons. The van der Waals surface area contributed by atoms with E-state index in [0.29, 0.717) is 40.9 Å². The van der Waals surface area contributed by atoms with Crippen molar-refractivity contribution >= 4 is 50.6 Å². The van der Waals surface area contributed by atoms with Crippen LogP contribution in [-0.4, -0.2) is 38.3 Å². The highest BCUT2D eigenvalue weighted by atomic mass is 79.9. The molecule has 5 rings (SSSR count). The summed E-state index contributed by atoms with van der Waals surface area (Å²) in [6.45, 7) is 2.43. The van der Waals surface area contributed by atoms with Crippen LogP contribution in [0.3, 0.4) is 0 Å². The van der Waals surface area contributed by atoms with E-state index in [-0.39, 0.29) is 18.7 Å². The molecule has 1 fully saturated rings. The number of nitrogens with two attached hydrogens (primary N) is 1. The fourth-order valence-electron chi connectivity index (χ4n) is 3.74. The van der Waals surface area contributed by atoms with Gasteiger partial charge in [-0.3, -0.25) is 4.79 Å². The summed E-state index contributed by atoms with van der Waals surface area (Å²) in [6, 6.07) is 3.97. The molecule has 2 aromatic heterocycles. The lowest BCUT2D eigenvalue weighted by molar-refractivity contribution is -0.119. The summed E-state index contributed by atoms with van der Waals surface area (Å²) in [7, 11) is 0. The van der Waals surface area contributed by atoms with Crippen molar-refractivity contribution in [2.75, 3.05) is 12.5 Å². The molecule has 0 bridgehead atoms. The summed E-state index contributed by atoms with van der Waals surface area (Å²) >= 11 is 5.10. The lowest BCUT2D eigenvalue weighted by Crippen LogP contribution is -2.35. The predicted molar refractivity (Wildman–Crippen MR) is 119 cm³/mol. The molecular formula is C20H21BrN6O3S. The van der Waals surface area contributed by atoms with Crippen LogP contribution in [0.15, 0.2) is 33.0 Å². The molecule has 11 heteroatoms. The number of hydrogen-bond acceptors (Lipinski definition) is 8. The van der Waals surface area contributed by atoms with Crippen molar-refractivity contribution in [3.8, 4) is 11.5 Å². The number of aryl methyl sites for hydroxylation is 1. The number of aromatic nitrogens is 4. The van der Waals surface area contributed by atoms with E-state index in [0.717, 1.165) is 33.8 Å². The molecule has 1 aromatic carbocycles. The summed E-state index contributed by atoms with van der Waals surface area (Å²) in [6.07, 6.45) is 4.54. The first-order chi connectivity index (χ1) is 15.0. The zero-order valence-electron chi connectivity index (χ0n) is 16.8. The maximum Gasteiger partial charge on any atom is 0.231 e. The first-order valence-electron chi connectivity index (χ1n) is 10.0. The number of amides is 1. The van der Waals surface area contributed by atoms with Crippen molar-refractivity contribution in [1.82, 2.24) is 24.8 Å². The van der Waals surface area contributed by atoms with Crippen LogP contribution in [0.5, 0.6) is 11.5 Å². The zero-order valence-corrected chi connectivity index (χ0v) is 19.2. The average molecular weight is 505 g/mol. The van der Waals surface area contributed by atoms with Gasteiger partial charge in [-0.2, -0.15) is 0 Å². The Morgan fingerprint density at radius 3 is 2.87 bits per heavy atom. The molecule has 3 aromatic rings. The number of carbonyl (C=O) groups excluding carboxylic acids is 1. The van der Waals surface area contributed by atoms with Crippen LogP contribution in [0.4, 0.5) is 5.82 Å². The number of nitrogens with one attached hydrogen (secondary N) is 1. The Labute approximate surface area is 191 Å². The van der Waals surface area contributed by atoms with E-state index in [9.17, 15) is 4.79 Å². The molecular weight excluding hydrogens is 484 g/mol. The fourth-order valence-corrected chi connectivity index (χ4v) is 5.25. The smallest absolute Gasteiger partial charge is 0.231 e. The van der Waals surface area contributed by atoms with E-state index >= 15 is 0 Å². The van der Waals surface area contributed by atoms with Gasteiger partial charge in [0.2, 0.25) is 12.7 Å². The summed E-state index contributed by atoms with van der Waals surface area (Å²) < 4.78 is 13.9. The number of nitrogen functional groups attached to an aromatic ring is 1. The summed E-state index contributed by atoms with van der Waals surface area (Å²) in [5.74, 6) is 2.29. The quantitative estimate of drug-likeness (QED) is 0.502. The minimum Gasteiger partial charge on any atom is -0.454 e. The van der Waals surface area contributed by atoms with Crippen LogP contribution < -0.4 is 20.5 Å². The van der Waals surface area contributed by atoms with Gasteiger partial charge in [0.25, 0.3) is 0 Å². The molecule has 1 aliphatic carbocycles. The van der Waals surface area contributed by atoms with Crippen molar-refractivity contribution in [3.63, 3.8) is 0 Å². The first kappa shape index (κ1) is 20.4. The van der Waals surface area contributed by atoms with Gasteiger partial charge in [-0.1, -0.05) is 11.8 Å². The molecule has 0 radical (unpaired) electrons. The number of carbonyl (C=O) groups is 1. The number of rotatable bonds is 7. The number of imidazole rings is 1. The van der Waals surface area contributed by atoms with Crippen molar-refractivity contribution in [2.24, 2.45) is 5.92 Å². The number of ether oxygens (including phenoxy) is 2. The highest BCUT2D eigenvalue weighted by Gasteiger charge is 2.32. The summed E-state index contributed by atoms with van der Waals surface area (Å²) in [5, 5.41) is 3.84. The van der Waals surface area contributed by atoms with Gasteiger partial charge < -0.3 is 25.1 Å². The van der Waals surface area contributed by atoms with E-state index in [4.69, 9.17) is 20.2 Å². The van der Waals surface area contributed by atoms with E-state index in [1.807, 2.05) is 16.7 Å². The van der Waals surface area contributed by atoms with Crippen LogP contribution in [-0.2, 0) is 11.3 Å². The van der Waals surface area contributed by atoms with E-state index < -0.39 is 0 Å². The molecule has 0 spiro atoms. The van der Waals surface area contributed by atoms with Crippen molar-refractivity contribution < 1.29 is 14.3 Å². The van der Waals surface area contributed by atoms with Crippen LogP contribution in [0.2, 0.25) is 0 Å². The summed E-state index contributed by atoms with van der Waals surface area (Å²) in [5.41, 5.74) is 7.33. The van der Waals surface area contributed by atoms with Crippen LogP contribution in [0.1, 0.15) is 26.2 Å². The van der Waals surface area contributed by atoms with E-state index in [1.54, 1.807) is 6.92 Å². The fraction of sp³-hybridized carbons (Fsp3) is 0.400. The summed E-state index contributed by atoms with van der Waals surface area (Å²) in [4.78, 5) is 25.8. The van der Waals surface area contributed by atoms with Crippen LogP contribution >= 0.6 is 27.7 Å². The van der Waals surface area contributed by atoms with Crippen molar-refractivity contribution in [1.29, 1.82) is 0 Å². The van der Waals surface area contributed by atoms with Gasteiger partial charge in [-0.15, -0.1) is 0 Å². The zero-order chi connectivity index (χ0) is 21.5. The monoisotopic (exact) mass is 504 g/mol. The third kappa shape index (κ3) is 4.16. The Hall–Kier alpha value is -2.53. The van der Waals surface area contributed by atoms with Crippen LogP contribution in [0, 0.1) is 5.92 Å². The van der Waals surface area contributed by atoms with E-state index in [1.165, 1.54) is 18.1 Å². The molecule has 1 unspecified atom stereocenters. The van der Waals surface area contributed by atoms with Crippen molar-refractivity contribution in [3.05, 3.63) is 22.9 Å². The third-order valence-corrected chi connectivity index (χ3v) is 7.37. The molecule has 1 aliphatic heterocycles. The second-order valence-electron chi connectivity index (χ2n) is 7.65. The Kier molecular flexibility index (Phi) is 5.39. The molecule has 3 N–H and O–H groups in total. The number of halogens is 1. The van der Waals surface area contributed by atoms with Gasteiger partial charge in [0.05, 0.1) is 0 Å². The SMILES string of the molecule is CC(=O)NC(CCn1c(Sc2cc3c(cc2Br)OCO3)nc2c(N)ncnc21)C1CC1. The number of nitrogens with zero attached hydrogens (tertiary/aromatic N) is 4. The van der Waals surface area contributed by atoms with E-state index in [2.05, 4.69) is 31.2 Å². The molecule has 31 heavy (non-hydrogen) atoms. The topological polar surface area (TPSA) is 117 Å². The van der Waals surface area contributed by atoms with Crippen molar-refractivity contribution in [2.45, 2.75) is 48.8 Å². The largest absolute Gasteiger partial charge is 0.454 e.